The molecule has 138 valence electrons. The minimum absolute atomic E-state index is 0.0763. The molecule has 25 heavy (non-hydrogen) atoms. The molecule has 0 aliphatic carbocycles. The van der Waals surface area contributed by atoms with Crippen molar-refractivity contribution < 1.29 is 28.9 Å². The third kappa shape index (κ3) is 6.84. The molecule has 0 aromatic heterocycles. The van der Waals surface area contributed by atoms with E-state index >= 15 is 0 Å². The Hall–Kier alpha value is -2.54. The molecule has 0 unspecified atom stereocenters. The van der Waals surface area contributed by atoms with E-state index in [1.54, 1.807) is 25.3 Å². The van der Waals surface area contributed by atoms with Gasteiger partial charge in [-0.2, -0.15) is 0 Å². The predicted molar refractivity (Wildman–Crippen MR) is 93.5 cm³/mol. The van der Waals surface area contributed by atoms with E-state index in [4.69, 9.17) is 14.6 Å². The second-order valence-electron chi connectivity index (χ2n) is 5.05. The molecule has 0 saturated carbocycles. The molecule has 0 aliphatic rings. The Morgan fingerprint density at radius 2 is 1.96 bits per heavy atom. The summed E-state index contributed by atoms with van der Waals surface area (Å²) >= 11 is 0. The maximum atomic E-state index is 12.3. The molecule has 1 aromatic rings. The van der Waals surface area contributed by atoms with Gasteiger partial charge in [0.1, 0.15) is 0 Å². The normalized spacial score (nSPS) is 10.6. The molecule has 0 bridgehead atoms. The molecule has 0 radical (unpaired) electrons. The topological polar surface area (TPSA) is 85.3 Å². The molecule has 0 aliphatic heterocycles. The molecule has 0 atom stereocenters. The molecular formula is C18H25NO6. The Morgan fingerprint density at radius 3 is 2.56 bits per heavy atom. The van der Waals surface area contributed by atoms with Gasteiger partial charge in [0.15, 0.2) is 11.5 Å². The summed E-state index contributed by atoms with van der Waals surface area (Å²) in [7, 11) is 2.84. The quantitative estimate of drug-likeness (QED) is 0.508. The number of amides is 1. The van der Waals surface area contributed by atoms with Crippen molar-refractivity contribution in [1.29, 1.82) is 0 Å². The van der Waals surface area contributed by atoms with Crippen LogP contribution < -0.4 is 9.47 Å². The second-order valence-corrected chi connectivity index (χ2v) is 5.05. The number of esters is 1. The van der Waals surface area contributed by atoms with Crippen molar-refractivity contribution in [2.24, 2.45) is 0 Å². The van der Waals surface area contributed by atoms with Gasteiger partial charge in [-0.05, 0) is 30.7 Å². The Balaban J connectivity index is 2.79. The van der Waals surface area contributed by atoms with E-state index in [1.165, 1.54) is 18.1 Å². The van der Waals surface area contributed by atoms with Crippen LogP contribution in [0.5, 0.6) is 11.5 Å². The lowest BCUT2D eigenvalue weighted by Gasteiger charge is -2.19. The van der Waals surface area contributed by atoms with Crippen LogP contribution in [0, 0.1) is 0 Å². The summed E-state index contributed by atoms with van der Waals surface area (Å²) in [6.45, 7) is 2.56. The maximum Gasteiger partial charge on any atom is 0.307 e. The highest BCUT2D eigenvalue weighted by Crippen LogP contribution is 2.28. The third-order valence-corrected chi connectivity index (χ3v) is 3.40. The molecule has 7 nitrogen and oxygen atoms in total. The summed E-state index contributed by atoms with van der Waals surface area (Å²) in [5, 5.41) is 9.08. The van der Waals surface area contributed by atoms with Crippen molar-refractivity contribution in [2.75, 3.05) is 40.5 Å². The number of aliphatic hydroxyl groups excluding tert-OH is 1. The summed E-state index contributed by atoms with van der Waals surface area (Å²) in [5.74, 6) is 0.504. The molecule has 0 heterocycles. The van der Waals surface area contributed by atoms with E-state index < -0.39 is 5.97 Å². The number of rotatable bonds is 10. The van der Waals surface area contributed by atoms with Gasteiger partial charge in [-0.3, -0.25) is 9.59 Å². The summed E-state index contributed by atoms with van der Waals surface area (Å²) in [6, 6.07) is 5.34. The Labute approximate surface area is 147 Å². The van der Waals surface area contributed by atoms with E-state index in [0.717, 1.165) is 5.56 Å². The van der Waals surface area contributed by atoms with Gasteiger partial charge in [-0.1, -0.05) is 6.07 Å². The second kappa shape index (κ2) is 11.1. The van der Waals surface area contributed by atoms with E-state index in [-0.39, 0.29) is 32.0 Å². The van der Waals surface area contributed by atoms with Crippen LogP contribution in [0.3, 0.4) is 0 Å². The number of methoxy groups -OCH3 is 2. The average molecular weight is 351 g/mol. The first-order valence-electron chi connectivity index (χ1n) is 8.01. The van der Waals surface area contributed by atoms with Gasteiger partial charge in [0.2, 0.25) is 5.91 Å². The molecule has 1 amide bonds. The molecular weight excluding hydrogens is 326 g/mol. The standard InChI is InChI=1S/C18H25NO6/c1-4-25-15-7-5-14(13-16(15)23-2)6-8-17(21)19(11-12-20)10-9-18(22)24-3/h5-8,13,20H,4,9-12H2,1-3H3/b8-6+. The molecule has 1 rings (SSSR count). The highest BCUT2D eigenvalue weighted by Gasteiger charge is 2.12. The minimum atomic E-state index is -0.407. The Morgan fingerprint density at radius 1 is 1.20 bits per heavy atom. The summed E-state index contributed by atoms with van der Waals surface area (Å²) in [6.07, 6.45) is 3.11. The molecule has 0 fully saturated rings. The zero-order chi connectivity index (χ0) is 18.7. The molecule has 7 heteroatoms. The van der Waals surface area contributed by atoms with Crippen LogP contribution in [0.2, 0.25) is 0 Å². The lowest BCUT2D eigenvalue weighted by Crippen LogP contribution is -2.34. The highest BCUT2D eigenvalue weighted by molar-refractivity contribution is 5.92. The zero-order valence-electron chi connectivity index (χ0n) is 14.9. The van der Waals surface area contributed by atoms with Gasteiger partial charge < -0.3 is 24.2 Å². The van der Waals surface area contributed by atoms with Crippen LogP contribution in [0.4, 0.5) is 0 Å². The van der Waals surface area contributed by atoms with Gasteiger partial charge in [-0.25, -0.2) is 0 Å². The summed E-state index contributed by atoms with van der Waals surface area (Å²) in [5.41, 5.74) is 0.769. The minimum Gasteiger partial charge on any atom is -0.493 e. The van der Waals surface area contributed by atoms with Crippen molar-refractivity contribution in [3.8, 4) is 11.5 Å². The largest absolute Gasteiger partial charge is 0.493 e. The summed E-state index contributed by atoms with van der Waals surface area (Å²) < 4.78 is 15.3. The van der Waals surface area contributed by atoms with Crippen molar-refractivity contribution >= 4 is 18.0 Å². The number of carbonyl (C=O) groups excluding carboxylic acids is 2. The average Bonchev–Trinajstić information content (AvgIpc) is 2.63. The van der Waals surface area contributed by atoms with Crippen LogP contribution in [-0.4, -0.2) is 62.4 Å². The number of benzene rings is 1. The Bertz CT molecular complexity index is 599. The van der Waals surface area contributed by atoms with Gasteiger partial charge in [0.05, 0.1) is 33.9 Å². The number of nitrogens with zero attached hydrogens (tertiary/aromatic N) is 1. The fourth-order valence-electron chi connectivity index (χ4n) is 2.12. The van der Waals surface area contributed by atoms with Crippen LogP contribution in [-0.2, 0) is 14.3 Å². The number of hydrogen-bond acceptors (Lipinski definition) is 6. The SMILES string of the molecule is CCOc1ccc(/C=C/C(=O)N(CCO)CCC(=O)OC)cc1OC. The highest BCUT2D eigenvalue weighted by atomic mass is 16.5. The molecule has 1 aromatic carbocycles. The number of aliphatic hydroxyl groups is 1. The Kier molecular flexibility index (Phi) is 9.10. The van der Waals surface area contributed by atoms with E-state index in [1.807, 2.05) is 13.0 Å². The van der Waals surface area contributed by atoms with E-state index in [9.17, 15) is 9.59 Å². The molecule has 1 N–H and O–H groups in total. The van der Waals surface area contributed by atoms with Gasteiger partial charge in [0.25, 0.3) is 0 Å². The lowest BCUT2D eigenvalue weighted by molar-refractivity contribution is -0.141. The fourth-order valence-corrected chi connectivity index (χ4v) is 2.12. The first-order valence-corrected chi connectivity index (χ1v) is 8.01. The number of carbonyl (C=O) groups is 2. The first-order chi connectivity index (χ1) is 12.0. The summed E-state index contributed by atoms with van der Waals surface area (Å²) in [4.78, 5) is 24.9. The smallest absolute Gasteiger partial charge is 0.307 e. The van der Waals surface area contributed by atoms with Crippen LogP contribution in [0.15, 0.2) is 24.3 Å². The van der Waals surface area contributed by atoms with Gasteiger partial charge in [-0.15, -0.1) is 0 Å². The predicted octanol–water partition coefficient (Wildman–Crippen LogP) is 1.49. The number of ether oxygens (including phenoxy) is 3. The van der Waals surface area contributed by atoms with Crippen molar-refractivity contribution in [3.05, 3.63) is 29.8 Å². The first kappa shape index (κ1) is 20.5. The number of hydrogen-bond donors (Lipinski definition) is 1. The van der Waals surface area contributed by atoms with Gasteiger partial charge >= 0.3 is 5.97 Å². The van der Waals surface area contributed by atoms with E-state index in [0.29, 0.717) is 18.1 Å². The zero-order valence-corrected chi connectivity index (χ0v) is 14.9. The lowest BCUT2D eigenvalue weighted by atomic mass is 10.2. The van der Waals surface area contributed by atoms with E-state index in [2.05, 4.69) is 4.74 Å². The van der Waals surface area contributed by atoms with Gasteiger partial charge in [0, 0.05) is 19.2 Å². The van der Waals surface area contributed by atoms with Crippen molar-refractivity contribution in [3.63, 3.8) is 0 Å². The molecule has 0 spiro atoms. The maximum absolute atomic E-state index is 12.3. The molecule has 0 saturated heterocycles. The monoisotopic (exact) mass is 351 g/mol. The van der Waals surface area contributed by atoms with Crippen LogP contribution in [0.1, 0.15) is 18.9 Å². The fraction of sp³-hybridized carbons (Fsp3) is 0.444. The van der Waals surface area contributed by atoms with Crippen molar-refractivity contribution in [1.82, 2.24) is 4.90 Å². The van der Waals surface area contributed by atoms with Crippen LogP contribution in [0.25, 0.3) is 6.08 Å². The van der Waals surface area contributed by atoms with Crippen molar-refractivity contribution in [2.45, 2.75) is 13.3 Å². The van der Waals surface area contributed by atoms with Crippen LogP contribution >= 0.6 is 0 Å². The third-order valence-electron chi connectivity index (χ3n) is 3.40.